The number of carbonyl (C=O) groups excluding carboxylic acids is 1. The molecule has 2 aromatic rings. The number of amides is 1. The van der Waals surface area contributed by atoms with Crippen LogP contribution in [-0.2, 0) is 11.4 Å². The van der Waals surface area contributed by atoms with Gasteiger partial charge in [0.25, 0.3) is 0 Å². The third kappa shape index (κ3) is 5.75. The highest BCUT2D eigenvalue weighted by Gasteiger charge is 2.18. The maximum Gasteiger partial charge on any atom is 0.225 e. The maximum atomic E-state index is 12.2. The number of ether oxygens (including phenoxy) is 1. The van der Waals surface area contributed by atoms with Gasteiger partial charge in [-0.3, -0.25) is 4.79 Å². The summed E-state index contributed by atoms with van der Waals surface area (Å²) in [6.45, 7) is 5.62. The number of halogens is 1. The molecule has 1 heterocycles. The van der Waals surface area contributed by atoms with Gasteiger partial charge in [0.05, 0.1) is 0 Å². The third-order valence-corrected chi connectivity index (χ3v) is 4.55. The quantitative estimate of drug-likeness (QED) is 0.788. The van der Waals surface area contributed by atoms with Crippen molar-refractivity contribution in [3.05, 3.63) is 59.2 Å². The highest BCUT2D eigenvalue weighted by atomic mass is 35.5. The Balaban J connectivity index is 0.00000243. The molecule has 140 valence electrons. The Morgan fingerprint density at radius 1 is 1.23 bits per heavy atom. The Labute approximate surface area is 161 Å². The Kier molecular flexibility index (Phi) is 7.49. The van der Waals surface area contributed by atoms with Gasteiger partial charge in [0.15, 0.2) is 0 Å². The van der Waals surface area contributed by atoms with Crippen LogP contribution in [0.3, 0.4) is 0 Å². The lowest BCUT2D eigenvalue weighted by atomic mass is 10.1. The summed E-state index contributed by atoms with van der Waals surface area (Å²) < 4.78 is 5.87. The van der Waals surface area contributed by atoms with Crippen LogP contribution >= 0.6 is 12.4 Å². The van der Waals surface area contributed by atoms with Gasteiger partial charge in [0, 0.05) is 18.2 Å². The minimum absolute atomic E-state index is 0. The van der Waals surface area contributed by atoms with E-state index in [1.807, 2.05) is 31.2 Å². The van der Waals surface area contributed by atoms with Crippen LogP contribution in [0.25, 0.3) is 0 Å². The number of benzene rings is 2. The lowest BCUT2D eigenvalue weighted by Crippen LogP contribution is -2.27. The monoisotopic (exact) mass is 374 g/mol. The van der Waals surface area contributed by atoms with Crippen molar-refractivity contribution in [2.24, 2.45) is 0 Å². The van der Waals surface area contributed by atoms with Crippen LogP contribution < -0.4 is 15.4 Å². The van der Waals surface area contributed by atoms with Crippen molar-refractivity contribution >= 4 is 24.0 Å². The first-order valence-electron chi connectivity index (χ1n) is 8.92. The van der Waals surface area contributed by atoms with E-state index in [4.69, 9.17) is 4.74 Å². The van der Waals surface area contributed by atoms with E-state index >= 15 is 0 Å². The fourth-order valence-electron chi connectivity index (χ4n) is 3.19. The second kappa shape index (κ2) is 9.60. The van der Waals surface area contributed by atoms with Crippen LogP contribution in [0.4, 0.5) is 5.69 Å². The Hall–Kier alpha value is -2.04. The second-order valence-electron chi connectivity index (χ2n) is 6.80. The summed E-state index contributed by atoms with van der Waals surface area (Å²) in [6, 6.07) is 14.4. The highest BCUT2D eigenvalue weighted by molar-refractivity contribution is 5.92. The number of aryl methyl sites for hydroxylation is 2. The molecule has 26 heavy (non-hydrogen) atoms. The van der Waals surface area contributed by atoms with Gasteiger partial charge in [-0.2, -0.15) is 0 Å². The minimum atomic E-state index is 0. The van der Waals surface area contributed by atoms with Crippen molar-refractivity contribution < 1.29 is 9.53 Å². The second-order valence-corrected chi connectivity index (χ2v) is 6.80. The van der Waals surface area contributed by atoms with Gasteiger partial charge in [0.2, 0.25) is 5.91 Å². The molecule has 0 bridgehead atoms. The number of rotatable bonds is 6. The number of carbonyl (C=O) groups is 1. The molecule has 1 fully saturated rings. The average molecular weight is 375 g/mol. The molecule has 0 saturated carbocycles. The standard InChI is InChI=1S/C21H26N2O2.ClH/c1-15-5-3-6-17(11-15)14-25-19-8-9-20(16(2)12-19)23-21(24)13-18-7-4-10-22-18;/h3,5-6,8-9,11-12,18,22H,4,7,10,13-14H2,1-2H3,(H,23,24);1H. The SMILES string of the molecule is Cc1cccc(COc2ccc(NC(=O)CC3CCCN3)c(C)c2)c1.Cl. The predicted molar refractivity (Wildman–Crippen MR) is 108 cm³/mol. The van der Waals surface area contributed by atoms with Crippen LogP contribution in [0.5, 0.6) is 5.75 Å². The summed E-state index contributed by atoms with van der Waals surface area (Å²) >= 11 is 0. The van der Waals surface area contributed by atoms with E-state index in [-0.39, 0.29) is 18.3 Å². The molecular weight excluding hydrogens is 348 g/mol. The van der Waals surface area contributed by atoms with Gasteiger partial charge in [-0.15, -0.1) is 12.4 Å². The van der Waals surface area contributed by atoms with E-state index in [0.717, 1.165) is 42.0 Å². The summed E-state index contributed by atoms with van der Waals surface area (Å²) in [5.41, 5.74) is 4.24. The molecule has 4 nitrogen and oxygen atoms in total. The first-order chi connectivity index (χ1) is 12.1. The Bertz CT molecular complexity index is 743. The van der Waals surface area contributed by atoms with Gasteiger partial charge >= 0.3 is 0 Å². The van der Waals surface area contributed by atoms with E-state index < -0.39 is 0 Å². The summed E-state index contributed by atoms with van der Waals surface area (Å²) in [5.74, 6) is 0.880. The van der Waals surface area contributed by atoms with Crippen molar-refractivity contribution in [2.45, 2.75) is 45.8 Å². The van der Waals surface area contributed by atoms with Crippen LogP contribution in [0.1, 0.15) is 36.0 Å². The normalized spacial score (nSPS) is 16.0. The summed E-state index contributed by atoms with van der Waals surface area (Å²) in [4.78, 5) is 12.2. The molecule has 1 unspecified atom stereocenters. The fraction of sp³-hybridized carbons (Fsp3) is 0.381. The first kappa shape index (κ1) is 20.3. The first-order valence-corrected chi connectivity index (χ1v) is 8.92. The van der Waals surface area contributed by atoms with Crippen molar-refractivity contribution in [3.8, 4) is 5.75 Å². The fourth-order valence-corrected chi connectivity index (χ4v) is 3.19. The predicted octanol–water partition coefficient (Wildman–Crippen LogP) is 4.38. The van der Waals surface area contributed by atoms with Crippen LogP contribution in [0.15, 0.2) is 42.5 Å². The largest absolute Gasteiger partial charge is 0.489 e. The molecular formula is C21H27ClN2O2. The molecule has 1 amide bonds. The molecule has 2 N–H and O–H groups in total. The van der Waals surface area contributed by atoms with Crippen LogP contribution in [0, 0.1) is 13.8 Å². The number of hydrogen-bond donors (Lipinski definition) is 2. The number of hydrogen-bond acceptors (Lipinski definition) is 3. The molecule has 1 saturated heterocycles. The van der Waals surface area contributed by atoms with E-state index in [9.17, 15) is 4.79 Å². The Morgan fingerprint density at radius 3 is 2.77 bits per heavy atom. The smallest absolute Gasteiger partial charge is 0.225 e. The summed E-state index contributed by atoms with van der Waals surface area (Å²) in [5, 5.41) is 6.36. The zero-order valence-corrected chi connectivity index (χ0v) is 16.2. The van der Waals surface area contributed by atoms with E-state index in [1.54, 1.807) is 0 Å². The van der Waals surface area contributed by atoms with Gasteiger partial charge in [-0.1, -0.05) is 29.8 Å². The molecule has 1 atom stereocenters. The topological polar surface area (TPSA) is 50.4 Å². The van der Waals surface area contributed by atoms with Gasteiger partial charge in [-0.05, 0) is 62.6 Å². The minimum Gasteiger partial charge on any atom is -0.489 e. The zero-order chi connectivity index (χ0) is 17.6. The van der Waals surface area contributed by atoms with Crippen LogP contribution in [0.2, 0.25) is 0 Å². The number of nitrogens with one attached hydrogen (secondary N) is 2. The summed E-state index contributed by atoms with van der Waals surface area (Å²) in [7, 11) is 0. The molecule has 1 aliphatic heterocycles. The van der Waals surface area contributed by atoms with E-state index in [0.29, 0.717) is 19.1 Å². The molecule has 0 radical (unpaired) electrons. The van der Waals surface area contributed by atoms with Crippen molar-refractivity contribution in [1.82, 2.24) is 5.32 Å². The third-order valence-electron chi connectivity index (χ3n) is 4.55. The molecule has 0 aliphatic carbocycles. The van der Waals surface area contributed by atoms with E-state index in [1.165, 1.54) is 5.56 Å². The molecule has 0 aromatic heterocycles. The van der Waals surface area contributed by atoms with Crippen LogP contribution in [-0.4, -0.2) is 18.5 Å². The molecule has 2 aromatic carbocycles. The lowest BCUT2D eigenvalue weighted by molar-refractivity contribution is -0.116. The van der Waals surface area contributed by atoms with Crippen molar-refractivity contribution in [1.29, 1.82) is 0 Å². The maximum absolute atomic E-state index is 12.2. The molecule has 3 rings (SSSR count). The highest BCUT2D eigenvalue weighted by Crippen LogP contribution is 2.23. The van der Waals surface area contributed by atoms with Gasteiger partial charge < -0.3 is 15.4 Å². The molecule has 0 spiro atoms. The average Bonchev–Trinajstić information content (AvgIpc) is 3.08. The lowest BCUT2D eigenvalue weighted by Gasteiger charge is -2.13. The number of anilines is 1. The van der Waals surface area contributed by atoms with Crippen molar-refractivity contribution in [3.63, 3.8) is 0 Å². The van der Waals surface area contributed by atoms with E-state index in [2.05, 4.69) is 35.8 Å². The van der Waals surface area contributed by atoms with Gasteiger partial charge in [-0.25, -0.2) is 0 Å². The summed E-state index contributed by atoms with van der Waals surface area (Å²) in [6.07, 6.45) is 2.77. The van der Waals surface area contributed by atoms with Gasteiger partial charge in [0.1, 0.15) is 12.4 Å². The molecule has 1 aliphatic rings. The zero-order valence-electron chi connectivity index (χ0n) is 15.4. The Morgan fingerprint density at radius 2 is 2.08 bits per heavy atom. The van der Waals surface area contributed by atoms with Crippen molar-refractivity contribution in [2.75, 3.05) is 11.9 Å². The molecule has 5 heteroatoms.